The molecular formula is C22H21F7N4O2. The molecule has 13 heteroatoms. The zero-order valence-electron chi connectivity index (χ0n) is 18.1. The van der Waals surface area contributed by atoms with Crippen LogP contribution in [-0.4, -0.2) is 54.5 Å². The van der Waals surface area contributed by atoms with Crippen molar-refractivity contribution in [1.29, 1.82) is 0 Å². The zero-order chi connectivity index (χ0) is 25.8. The molecule has 0 saturated carbocycles. The molecule has 0 atom stereocenters. The molecule has 3 rings (SSSR count). The van der Waals surface area contributed by atoms with Gasteiger partial charge in [0.15, 0.2) is 0 Å². The fourth-order valence-electron chi connectivity index (χ4n) is 3.64. The third kappa shape index (κ3) is 6.84. The van der Waals surface area contributed by atoms with Crippen LogP contribution in [0.4, 0.5) is 46.9 Å². The minimum atomic E-state index is -4.88. The summed E-state index contributed by atoms with van der Waals surface area (Å²) in [6, 6.07) is 5.92. The smallest absolute Gasteiger partial charge is 0.324 e. The van der Waals surface area contributed by atoms with Crippen LogP contribution in [0.1, 0.15) is 17.5 Å². The fourth-order valence-corrected chi connectivity index (χ4v) is 3.64. The molecule has 2 aromatic carbocycles. The monoisotopic (exact) mass is 506 g/mol. The Morgan fingerprint density at radius 3 is 2.14 bits per heavy atom. The van der Waals surface area contributed by atoms with Crippen molar-refractivity contribution in [2.24, 2.45) is 0 Å². The molecule has 1 aliphatic heterocycles. The van der Waals surface area contributed by atoms with Gasteiger partial charge in [0.1, 0.15) is 5.82 Å². The highest BCUT2D eigenvalue weighted by molar-refractivity contribution is 5.93. The van der Waals surface area contributed by atoms with Crippen LogP contribution in [0.25, 0.3) is 0 Å². The number of urea groups is 1. The first-order valence-electron chi connectivity index (χ1n) is 10.5. The van der Waals surface area contributed by atoms with Crippen LogP contribution >= 0.6 is 0 Å². The number of para-hydroxylation sites is 2. The Balaban J connectivity index is 1.60. The number of nitrogens with one attached hydrogen (secondary N) is 2. The maximum Gasteiger partial charge on any atom is 0.418 e. The second-order valence-electron chi connectivity index (χ2n) is 7.80. The van der Waals surface area contributed by atoms with Crippen LogP contribution in [0.2, 0.25) is 0 Å². The lowest BCUT2D eigenvalue weighted by molar-refractivity contribution is -0.137. The van der Waals surface area contributed by atoms with E-state index in [-0.39, 0.29) is 31.9 Å². The van der Waals surface area contributed by atoms with Gasteiger partial charge in [-0.2, -0.15) is 26.3 Å². The van der Waals surface area contributed by atoms with E-state index in [2.05, 4.69) is 5.32 Å². The summed E-state index contributed by atoms with van der Waals surface area (Å²) in [4.78, 5) is 27.7. The van der Waals surface area contributed by atoms with E-state index in [4.69, 9.17) is 0 Å². The van der Waals surface area contributed by atoms with Gasteiger partial charge in [-0.05, 0) is 30.7 Å². The van der Waals surface area contributed by atoms with Gasteiger partial charge in [0.05, 0.1) is 29.0 Å². The molecule has 0 aromatic heterocycles. The normalized spacial score (nSPS) is 15.5. The number of nitrogens with zero attached hydrogens (tertiary/aromatic N) is 2. The minimum absolute atomic E-state index is 0.00799. The van der Waals surface area contributed by atoms with E-state index in [1.54, 1.807) is 4.90 Å². The largest absolute Gasteiger partial charge is 0.418 e. The second-order valence-corrected chi connectivity index (χ2v) is 7.80. The lowest BCUT2D eigenvalue weighted by Crippen LogP contribution is -2.40. The summed E-state index contributed by atoms with van der Waals surface area (Å²) in [7, 11) is 0. The zero-order valence-corrected chi connectivity index (χ0v) is 18.1. The number of halogens is 7. The number of carbonyl (C=O) groups is 2. The number of hydrogen-bond acceptors (Lipinski definition) is 3. The molecule has 190 valence electrons. The fraction of sp³-hybridized carbons (Fsp3) is 0.364. The van der Waals surface area contributed by atoms with Gasteiger partial charge in [-0.25, -0.2) is 9.18 Å². The van der Waals surface area contributed by atoms with Gasteiger partial charge in [-0.3, -0.25) is 9.69 Å². The number of amides is 3. The van der Waals surface area contributed by atoms with E-state index in [1.807, 2.05) is 5.32 Å². The summed E-state index contributed by atoms with van der Waals surface area (Å²) in [5.41, 5.74) is -3.67. The molecule has 1 fully saturated rings. The highest BCUT2D eigenvalue weighted by Gasteiger charge is 2.36. The van der Waals surface area contributed by atoms with Gasteiger partial charge < -0.3 is 15.5 Å². The number of alkyl halides is 6. The Morgan fingerprint density at radius 1 is 0.800 bits per heavy atom. The van der Waals surface area contributed by atoms with Gasteiger partial charge >= 0.3 is 18.4 Å². The van der Waals surface area contributed by atoms with Crippen molar-refractivity contribution in [1.82, 2.24) is 9.80 Å². The van der Waals surface area contributed by atoms with Gasteiger partial charge in [0.2, 0.25) is 5.91 Å². The first kappa shape index (κ1) is 26.3. The molecule has 2 aromatic rings. The van der Waals surface area contributed by atoms with Crippen molar-refractivity contribution in [3.63, 3.8) is 0 Å². The molecule has 0 spiro atoms. The number of carbonyl (C=O) groups excluding carboxylic acids is 2. The first-order chi connectivity index (χ1) is 16.4. The third-order valence-corrected chi connectivity index (χ3v) is 5.30. The Labute approximate surface area is 195 Å². The predicted octanol–water partition coefficient (Wildman–Crippen LogP) is 5.04. The summed E-state index contributed by atoms with van der Waals surface area (Å²) < 4.78 is 92.8. The van der Waals surface area contributed by atoms with Crippen LogP contribution in [0.5, 0.6) is 0 Å². The van der Waals surface area contributed by atoms with Gasteiger partial charge in [-0.1, -0.05) is 18.2 Å². The van der Waals surface area contributed by atoms with E-state index >= 15 is 0 Å². The van der Waals surface area contributed by atoms with Crippen molar-refractivity contribution >= 4 is 23.3 Å². The molecule has 0 radical (unpaired) electrons. The van der Waals surface area contributed by atoms with Gasteiger partial charge in [0.25, 0.3) is 0 Å². The molecule has 2 N–H and O–H groups in total. The molecule has 0 bridgehead atoms. The summed E-state index contributed by atoms with van der Waals surface area (Å²) >= 11 is 0. The van der Waals surface area contributed by atoms with Gasteiger partial charge in [-0.15, -0.1) is 0 Å². The van der Waals surface area contributed by atoms with Crippen molar-refractivity contribution < 1.29 is 40.3 Å². The van der Waals surface area contributed by atoms with Gasteiger partial charge in [0, 0.05) is 26.2 Å². The standard InChI is InChI=1S/C22H21F7N4O2/c23-16-7-3-6-15(22(27,28)29)19(16)31-20(35)33-10-4-9-32(11-12-33)13-18(34)30-17-8-2-1-5-14(17)21(24,25)26/h1-3,5-8H,4,9-13H2,(H,30,34)(H,31,35). The average molecular weight is 506 g/mol. The highest BCUT2D eigenvalue weighted by Crippen LogP contribution is 2.36. The van der Waals surface area contributed by atoms with Crippen molar-refractivity contribution in [2.45, 2.75) is 18.8 Å². The molecule has 1 aliphatic rings. The maximum absolute atomic E-state index is 14.0. The van der Waals surface area contributed by atoms with Crippen molar-refractivity contribution in [3.8, 4) is 0 Å². The molecule has 1 heterocycles. The Hall–Kier alpha value is -3.35. The molecular weight excluding hydrogens is 485 g/mol. The number of benzene rings is 2. The predicted molar refractivity (Wildman–Crippen MR) is 113 cm³/mol. The number of anilines is 2. The minimum Gasteiger partial charge on any atom is -0.324 e. The van der Waals surface area contributed by atoms with Crippen LogP contribution in [-0.2, 0) is 17.1 Å². The third-order valence-electron chi connectivity index (χ3n) is 5.30. The number of rotatable bonds is 4. The molecule has 6 nitrogen and oxygen atoms in total. The Kier molecular flexibility index (Phi) is 7.88. The van der Waals surface area contributed by atoms with Crippen LogP contribution < -0.4 is 10.6 Å². The first-order valence-corrected chi connectivity index (χ1v) is 10.5. The molecule has 0 unspecified atom stereocenters. The summed E-state index contributed by atoms with van der Waals surface area (Å²) in [6.07, 6.45) is -9.19. The topological polar surface area (TPSA) is 64.7 Å². The molecule has 1 saturated heterocycles. The lowest BCUT2D eigenvalue weighted by atomic mass is 10.1. The highest BCUT2D eigenvalue weighted by atomic mass is 19.4. The summed E-state index contributed by atoms with van der Waals surface area (Å²) in [5, 5.41) is 4.22. The Morgan fingerprint density at radius 2 is 1.46 bits per heavy atom. The lowest BCUT2D eigenvalue weighted by Gasteiger charge is -2.23. The van der Waals surface area contributed by atoms with E-state index in [0.717, 1.165) is 24.3 Å². The molecule has 35 heavy (non-hydrogen) atoms. The van der Waals surface area contributed by atoms with E-state index < -0.39 is 46.9 Å². The Bertz CT molecular complexity index is 1070. The number of hydrogen-bond donors (Lipinski definition) is 2. The average Bonchev–Trinajstić information content (AvgIpc) is 2.99. The maximum atomic E-state index is 14.0. The van der Waals surface area contributed by atoms with Crippen molar-refractivity contribution in [2.75, 3.05) is 43.4 Å². The van der Waals surface area contributed by atoms with E-state index in [9.17, 15) is 40.3 Å². The quantitative estimate of drug-likeness (QED) is 0.572. The summed E-state index contributed by atoms with van der Waals surface area (Å²) in [5.74, 6) is -1.93. The summed E-state index contributed by atoms with van der Waals surface area (Å²) in [6.45, 7) is 0.314. The van der Waals surface area contributed by atoms with E-state index in [1.165, 1.54) is 17.0 Å². The molecule has 0 aliphatic carbocycles. The SMILES string of the molecule is O=C(CN1CCCN(C(=O)Nc2c(F)cccc2C(F)(F)F)CC1)Nc1ccccc1C(F)(F)F. The van der Waals surface area contributed by atoms with Crippen LogP contribution in [0, 0.1) is 5.82 Å². The van der Waals surface area contributed by atoms with Crippen LogP contribution in [0.3, 0.4) is 0 Å². The second kappa shape index (κ2) is 10.5. The molecule has 3 amide bonds. The van der Waals surface area contributed by atoms with E-state index in [0.29, 0.717) is 19.0 Å². The van der Waals surface area contributed by atoms with Crippen molar-refractivity contribution in [3.05, 3.63) is 59.4 Å². The van der Waals surface area contributed by atoms with Crippen LogP contribution in [0.15, 0.2) is 42.5 Å².